The fourth-order valence-corrected chi connectivity index (χ4v) is 3.12. The first-order chi connectivity index (χ1) is 14.4. The molecule has 3 aromatic heterocycles. The maximum absolute atomic E-state index is 11.9. The third kappa shape index (κ3) is 5.35. The molecule has 2 atom stereocenters. The smallest absolute Gasteiger partial charge is 0.328 e. The van der Waals surface area contributed by atoms with E-state index in [9.17, 15) is 9.90 Å². The minimum Gasteiger partial charge on any atom is -0.459 e. The summed E-state index contributed by atoms with van der Waals surface area (Å²) in [6.07, 6.45) is 8.11. The van der Waals surface area contributed by atoms with Crippen LogP contribution in [0.2, 0.25) is 0 Å². The summed E-state index contributed by atoms with van der Waals surface area (Å²) >= 11 is 0. The van der Waals surface area contributed by atoms with Crippen LogP contribution < -0.4 is 5.32 Å². The highest BCUT2D eigenvalue weighted by Crippen LogP contribution is 2.20. The number of aliphatic hydroxyl groups excluding tert-OH is 1. The second-order valence-electron chi connectivity index (χ2n) is 7.61. The highest BCUT2D eigenvalue weighted by Gasteiger charge is 2.15. The molecule has 0 aromatic carbocycles. The summed E-state index contributed by atoms with van der Waals surface area (Å²) < 4.78 is 8.78. The van der Waals surface area contributed by atoms with Gasteiger partial charge in [0.1, 0.15) is 18.3 Å². The number of nitrogens with zero attached hydrogens (tertiary/aromatic N) is 5. The van der Waals surface area contributed by atoms with Crippen LogP contribution >= 0.6 is 0 Å². The Morgan fingerprint density at radius 3 is 2.73 bits per heavy atom. The summed E-state index contributed by atoms with van der Waals surface area (Å²) in [5.74, 6) is 0.619. The van der Waals surface area contributed by atoms with Crippen molar-refractivity contribution in [1.82, 2.24) is 24.3 Å². The molecule has 0 saturated heterocycles. The molecule has 0 aliphatic heterocycles. The molecule has 0 saturated carbocycles. The number of fused-ring (bicyclic) bond motifs is 1. The van der Waals surface area contributed by atoms with E-state index in [1.165, 1.54) is 4.68 Å². The Bertz CT molecular complexity index is 976. The third-order valence-electron chi connectivity index (χ3n) is 5.29. The number of anilines is 2. The molecule has 3 rings (SSSR count). The minimum absolute atomic E-state index is 0.0447. The van der Waals surface area contributed by atoms with Crippen molar-refractivity contribution in [1.29, 1.82) is 0 Å². The van der Waals surface area contributed by atoms with E-state index in [-0.39, 0.29) is 6.54 Å². The normalized spacial score (nSPS) is 13.5. The van der Waals surface area contributed by atoms with Crippen molar-refractivity contribution in [2.24, 2.45) is 5.92 Å². The van der Waals surface area contributed by atoms with Gasteiger partial charge in [0.05, 0.1) is 18.0 Å². The van der Waals surface area contributed by atoms with Crippen molar-refractivity contribution in [3.8, 4) is 0 Å². The predicted molar refractivity (Wildman–Crippen MR) is 114 cm³/mol. The van der Waals surface area contributed by atoms with Crippen LogP contribution in [0.3, 0.4) is 0 Å². The van der Waals surface area contributed by atoms with E-state index in [0.717, 1.165) is 30.4 Å². The van der Waals surface area contributed by atoms with E-state index < -0.39 is 18.2 Å². The molecular weight excluding hydrogens is 384 g/mol. The molecule has 30 heavy (non-hydrogen) atoms. The van der Waals surface area contributed by atoms with Crippen LogP contribution in [0.4, 0.5) is 11.6 Å². The maximum Gasteiger partial charge on any atom is 0.328 e. The Balaban J connectivity index is 1.67. The van der Waals surface area contributed by atoms with Gasteiger partial charge in [0, 0.05) is 30.5 Å². The van der Waals surface area contributed by atoms with Crippen LogP contribution in [0.15, 0.2) is 30.9 Å². The average molecular weight is 415 g/mol. The Labute approximate surface area is 176 Å². The van der Waals surface area contributed by atoms with E-state index in [2.05, 4.69) is 45.0 Å². The van der Waals surface area contributed by atoms with E-state index in [0.29, 0.717) is 17.6 Å². The SMILES string of the molecule is CCC(CC)Cn1ccc2cnc(Nc3cnn(CC(=O)OC(C)C(C)O)c3)nc21. The maximum atomic E-state index is 11.9. The number of rotatable bonds is 10. The third-order valence-corrected chi connectivity index (χ3v) is 5.29. The lowest BCUT2D eigenvalue weighted by atomic mass is 10.0. The van der Waals surface area contributed by atoms with E-state index in [4.69, 9.17) is 4.74 Å². The lowest BCUT2D eigenvalue weighted by Crippen LogP contribution is -2.27. The van der Waals surface area contributed by atoms with Crippen molar-refractivity contribution in [2.75, 3.05) is 5.32 Å². The zero-order valence-corrected chi connectivity index (χ0v) is 17.9. The average Bonchev–Trinajstić information content (AvgIpc) is 3.32. The van der Waals surface area contributed by atoms with Gasteiger partial charge in [-0.15, -0.1) is 0 Å². The largest absolute Gasteiger partial charge is 0.459 e. The summed E-state index contributed by atoms with van der Waals surface area (Å²) in [6.45, 7) is 8.52. The molecule has 2 unspecified atom stereocenters. The van der Waals surface area contributed by atoms with Gasteiger partial charge >= 0.3 is 5.97 Å². The topological polar surface area (TPSA) is 107 Å². The lowest BCUT2D eigenvalue weighted by molar-refractivity contribution is -0.154. The number of aliphatic hydroxyl groups is 1. The minimum atomic E-state index is -0.722. The highest BCUT2D eigenvalue weighted by molar-refractivity contribution is 5.76. The van der Waals surface area contributed by atoms with Gasteiger partial charge in [-0.3, -0.25) is 9.48 Å². The van der Waals surface area contributed by atoms with Crippen LogP contribution in [0.25, 0.3) is 11.0 Å². The van der Waals surface area contributed by atoms with Gasteiger partial charge in [-0.1, -0.05) is 26.7 Å². The predicted octanol–water partition coefficient (Wildman–Crippen LogP) is 3.12. The molecule has 9 heteroatoms. The van der Waals surface area contributed by atoms with Crippen LogP contribution in [0, 0.1) is 5.92 Å². The molecule has 0 spiro atoms. The standard InChI is InChI=1S/C21H30N6O3/c1-5-16(6-2)11-26-8-7-17-9-22-21(25-20(17)26)24-18-10-23-27(12-18)13-19(29)30-15(4)14(3)28/h7-10,12,14-16,28H,5-6,11,13H2,1-4H3,(H,22,24,25). The first-order valence-corrected chi connectivity index (χ1v) is 10.4. The van der Waals surface area contributed by atoms with E-state index in [1.807, 2.05) is 6.07 Å². The first-order valence-electron chi connectivity index (χ1n) is 10.4. The number of hydrogen-bond donors (Lipinski definition) is 2. The van der Waals surface area contributed by atoms with Crippen LogP contribution in [-0.4, -0.2) is 47.6 Å². The number of ether oxygens (including phenoxy) is 1. The van der Waals surface area contributed by atoms with E-state index in [1.54, 1.807) is 32.4 Å². The second-order valence-corrected chi connectivity index (χ2v) is 7.61. The lowest BCUT2D eigenvalue weighted by Gasteiger charge is -2.15. The Hall–Kier alpha value is -2.94. The molecule has 0 bridgehead atoms. The van der Waals surface area contributed by atoms with Crippen LogP contribution in [-0.2, 0) is 22.6 Å². The van der Waals surface area contributed by atoms with Crippen molar-refractivity contribution in [3.63, 3.8) is 0 Å². The summed E-state index contributed by atoms with van der Waals surface area (Å²) in [6, 6.07) is 2.03. The highest BCUT2D eigenvalue weighted by atomic mass is 16.6. The van der Waals surface area contributed by atoms with Crippen molar-refractivity contribution in [2.45, 2.75) is 65.8 Å². The zero-order valence-electron chi connectivity index (χ0n) is 17.9. The van der Waals surface area contributed by atoms with Crippen LogP contribution in [0.1, 0.15) is 40.5 Å². The molecule has 3 heterocycles. The van der Waals surface area contributed by atoms with Gasteiger partial charge in [-0.05, 0) is 25.8 Å². The fraction of sp³-hybridized carbons (Fsp3) is 0.524. The Morgan fingerprint density at radius 2 is 2.03 bits per heavy atom. The molecule has 0 aliphatic rings. The summed E-state index contributed by atoms with van der Waals surface area (Å²) in [5, 5.41) is 17.7. The Morgan fingerprint density at radius 1 is 1.27 bits per heavy atom. The molecule has 0 aliphatic carbocycles. The summed E-state index contributed by atoms with van der Waals surface area (Å²) in [5.41, 5.74) is 1.56. The quantitative estimate of drug-likeness (QED) is 0.491. The molecule has 0 radical (unpaired) electrons. The number of carbonyl (C=O) groups is 1. The molecule has 162 valence electrons. The molecule has 0 amide bonds. The molecule has 0 fully saturated rings. The number of nitrogens with one attached hydrogen (secondary N) is 1. The van der Waals surface area contributed by atoms with Crippen molar-refractivity contribution >= 4 is 28.6 Å². The number of esters is 1. The van der Waals surface area contributed by atoms with E-state index >= 15 is 0 Å². The molecule has 3 aromatic rings. The van der Waals surface area contributed by atoms with Crippen LogP contribution in [0.5, 0.6) is 0 Å². The fourth-order valence-electron chi connectivity index (χ4n) is 3.12. The van der Waals surface area contributed by atoms with Crippen molar-refractivity contribution < 1.29 is 14.6 Å². The molecule has 2 N–H and O–H groups in total. The number of hydrogen-bond acceptors (Lipinski definition) is 7. The van der Waals surface area contributed by atoms with Crippen molar-refractivity contribution in [3.05, 3.63) is 30.9 Å². The van der Waals surface area contributed by atoms with Gasteiger partial charge in [0.2, 0.25) is 5.95 Å². The summed E-state index contributed by atoms with van der Waals surface area (Å²) in [4.78, 5) is 21.0. The van der Waals surface area contributed by atoms with Gasteiger partial charge in [0.25, 0.3) is 0 Å². The number of aromatic nitrogens is 5. The monoisotopic (exact) mass is 414 g/mol. The van der Waals surface area contributed by atoms with Gasteiger partial charge < -0.3 is 19.7 Å². The second kappa shape index (κ2) is 9.71. The number of carbonyl (C=O) groups excluding carboxylic acids is 1. The van der Waals surface area contributed by atoms with Gasteiger partial charge in [-0.25, -0.2) is 4.98 Å². The zero-order chi connectivity index (χ0) is 21.7. The Kier molecular flexibility index (Phi) is 7.04. The molecular formula is C21H30N6O3. The molecule has 9 nitrogen and oxygen atoms in total. The van der Waals surface area contributed by atoms with Gasteiger partial charge in [0.15, 0.2) is 0 Å². The first kappa shape index (κ1) is 21.8. The summed E-state index contributed by atoms with van der Waals surface area (Å²) in [7, 11) is 0. The van der Waals surface area contributed by atoms with Gasteiger partial charge in [-0.2, -0.15) is 10.1 Å².